The van der Waals surface area contributed by atoms with Gasteiger partial charge in [-0.05, 0) is 23.8 Å². The summed E-state index contributed by atoms with van der Waals surface area (Å²) in [7, 11) is 1.91. The molecule has 0 aliphatic heterocycles. The molecule has 1 rings (SSSR count). The van der Waals surface area contributed by atoms with Gasteiger partial charge in [0.25, 0.3) is 0 Å². The van der Waals surface area contributed by atoms with Crippen molar-refractivity contribution in [3.63, 3.8) is 0 Å². The number of aryl methyl sites for hydroxylation is 1. The molecule has 3 nitrogen and oxygen atoms in total. The molecule has 0 saturated carbocycles. The fourth-order valence-corrected chi connectivity index (χ4v) is 1.35. The van der Waals surface area contributed by atoms with E-state index in [1.807, 2.05) is 19.4 Å². The van der Waals surface area contributed by atoms with Crippen LogP contribution >= 0.6 is 0 Å². The van der Waals surface area contributed by atoms with E-state index in [9.17, 15) is 5.11 Å². The lowest BCUT2D eigenvalue weighted by molar-refractivity contribution is 0.137. The second-order valence-corrected chi connectivity index (χ2v) is 4.02. The van der Waals surface area contributed by atoms with Gasteiger partial charge in [-0.2, -0.15) is 5.10 Å². The third-order valence-electron chi connectivity index (χ3n) is 2.62. The van der Waals surface area contributed by atoms with Crippen LogP contribution in [0.1, 0.15) is 25.8 Å². The molecule has 1 N–H and O–H groups in total. The van der Waals surface area contributed by atoms with E-state index in [-0.39, 0.29) is 12.0 Å². The number of nitrogens with zero attached hydrogens (tertiary/aromatic N) is 2. The van der Waals surface area contributed by atoms with Crippen molar-refractivity contribution in [2.45, 2.75) is 26.7 Å². The minimum atomic E-state index is 0.00301. The van der Waals surface area contributed by atoms with Crippen molar-refractivity contribution in [3.8, 4) is 0 Å². The molecule has 1 unspecified atom stereocenters. The zero-order valence-corrected chi connectivity index (χ0v) is 8.62. The Labute approximate surface area is 79.4 Å². The fraction of sp³-hybridized carbons (Fsp3) is 0.700. The number of aliphatic hydroxyl groups excluding tert-OH is 1. The summed E-state index contributed by atoms with van der Waals surface area (Å²) >= 11 is 0. The predicted octanol–water partition coefficient (Wildman–Crippen LogP) is 1.37. The van der Waals surface area contributed by atoms with Crippen molar-refractivity contribution in [3.05, 3.63) is 18.0 Å². The normalized spacial score (nSPS) is 15.7. The highest BCUT2D eigenvalue weighted by Gasteiger charge is 2.21. The van der Waals surface area contributed by atoms with Crippen molar-refractivity contribution in [2.75, 3.05) is 6.61 Å². The minimum Gasteiger partial charge on any atom is -0.396 e. The maximum absolute atomic E-state index is 9.23. The van der Waals surface area contributed by atoms with Gasteiger partial charge in [0, 0.05) is 19.9 Å². The highest BCUT2D eigenvalue weighted by Crippen LogP contribution is 2.25. The summed E-state index contributed by atoms with van der Waals surface area (Å²) in [6.07, 6.45) is 5.75. The van der Waals surface area contributed by atoms with Crippen LogP contribution in [0.25, 0.3) is 0 Å². The number of hydrogen-bond donors (Lipinski definition) is 1. The Morgan fingerprint density at radius 1 is 1.62 bits per heavy atom. The predicted molar refractivity (Wildman–Crippen MR) is 52.4 cm³/mol. The van der Waals surface area contributed by atoms with Crippen LogP contribution in [0.15, 0.2) is 12.4 Å². The Morgan fingerprint density at radius 2 is 2.31 bits per heavy atom. The lowest BCUT2D eigenvalue weighted by Crippen LogP contribution is -2.22. The monoisotopic (exact) mass is 182 g/mol. The molecule has 0 aromatic carbocycles. The molecule has 0 aliphatic rings. The van der Waals surface area contributed by atoms with Crippen LogP contribution < -0.4 is 0 Å². The topological polar surface area (TPSA) is 38.1 Å². The van der Waals surface area contributed by atoms with Crippen LogP contribution in [0.4, 0.5) is 0 Å². The molecule has 0 radical (unpaired) electrons. The van der Waals surface area contributed by atoms with Gasteiger partial charge in [0.05, 0.1) is 6.20 Å². The van der Waals surface area contributed by atoms with E-state index < -0.39 is 0 Å². The van der Waals surface area contributed by atoms with Crippen LogP contribution in [-0.2, 0) is 13.5 Å². The second-order valence-electron chi connectivity index (χ2n) is 4.02. The Balaban J connectivity index is 2.67. The first-order valence-corrected chi connectivity index (χ1v) is 4.68. The van der Waals surface area contributed by atoms with E-state index in [0.29, 0.717) is 0 Å². The van der Waals surface area contributed by atoms with E-state index in [1.165, 1.54) is 5.56 Å². The molecule has 1 aromatic heterocycles. The molecule has 0 bridgehead atoms. The number of hydrogen-bond acceptors (Lipinski definition) is 2. The standard InChI is InChI=1S/C10H18N2O/c1-4-10(2,8-13)5-9-6-11-12(3)7-9/h6-7,13H,4-5,8H2,1-3H3. The molecule has 1 aromatic rings. The van der Waals surface area contributed by atoms with Crippen LogP contribution in [0.3, 0.4) is 0 Å². The lowest BCUT2D eigenvalue weighted by atomic mass is 9.83. The SMILES string of the molecule is CCC(C)(CO)Cc1cnn(C)c1. The zero-order valence-electron chi connectivity index (χ0n) is 8.62. The Kier molecular flexibility index (Phi) is 3.09. The van der Waals surface area contributed by atoms with Gasteiger partial charge < -0.3 is 5.11 Å². The number of rotatable bonds is 4. The molecule has 0 spiro atoms. The number of aliphatic hydroxyl groups is 1. The largest absolute Gasteiger partial charge is 0.396 e. The smallest absolute Gasteiger partial charge is 0.0521 e. The van der Waals surface area contributed by atoms with Gasteiger partial charge in [-0.25, -0.2) is 0 Å². The molecular formula is C10H18N2O. The lowest BCUT2D eigenvalue weighted by Gasteiger charge is -2.24. The van der Waals surface area contributed by atoms with Crippen LogP contribution in [0.2, 0.25) is 0 Å². The minimum absolute atomic E-state index is 0.00301. The summed E-state index contributed by atoms with van der Waals surface area (Å²) in [6.45, 7) is 4.44. The Morgan fingerprint density at radius 3 is 2.69 bits per heavy atom. The molecule has 1 heterocycles. The molecule has 0 saturated heterocycles. The van der Waals surface area contributed by atoms with Gasteiger partial charge in [0.1, 0.15) is 0 Å². The first-order valence-electron chi connectivity index (χ1n) is 4.68. The molecule has 1 atom stereocenters. The Bertz CT molecular complexity index is 264. The van der Waals surface area contributed by atoms with Gasteiger partial charge in [-0.3, -0.25) is 4.68 Å². The van der Waals surface area contributed by atoms with Gasteiger partial charge in [-0.1, -0.05) is 13.8 Å². The summed E-state index contributed by atoms with van der Waals surface area (Å²) in [5, 5.41) is 13.3. The van der Waals surface area contributed by atoms with Crippen molar-refractivity contribution >= 4 is 0 Å². The summed E-state index contributed by atoms with van der Waals surface area (Å²) in [5.74, 6) is 0. The second kappa shape index (κ2) is 3.92. The van der Waals surface area contributed by atoms with E-state index in [0.717, 1.165) is 12.8 Å². The summed E-state index contributed by atoms with van der Waals surface area (Å²) < 4.78 is 1.79. The molecule has 3 heteroatoms. The summed E-state index contributed by atoms with van der Waals surface area (Å²) in [5.41, 5.74) is 1.20. The van der Waals surface area contributed by atoms with Crippen LogP contribution in [-0.4, -0.2) is 21.5 Å². The van der Waals surface area contributed by atoms with Crippen LogP contribution in [0, 0.1) is 5.41 Å². The maximum atomic E-state index is 9.23. The molecule has 0 fully saturated rings. The quantitative estimate of drug-likeness (QED) is 0.763. The average Bonchev–Trinajstić information content (AvgIpc) is 2.51. The highest BCUT2D eigenvalue weighted by atomic mass is 16.3. The molecule has 74 valence electrons. The third kappa shape index (κ3) is 2.56. The van der Waals surface area contributed by atoms with Crippen molar-refractivity contribution < 1.29 is 5.11 Å². The first-order chi connectivity index (χ1) is 6.09. The van der Waals surface area contributed by atoms with Gasteiger partial charge >= 0.3 is 0 Å². The van der Waals surface area contributed by atoms with E-state index >= 15 is 0 Å². The zero-order chi connectivity index (χ0) is 9.90. The van der Waals surface area contributed by atoms with Gasteiger partial charge in [0.2, 0.25) is 0 Å². The maximum Gasteiger partial charge on any atom is 0.0521 e. The molecule has 0 aliphatic carbocycles. The molecule has 13 heavy (non-hydrogen) atoms. The fourth-order valence-electron chi connectivity index (χ4n) is 1.35. The first kappa shape index (κ1) is 10.3. The van der Waals surface area contributed by atoms with Crippen molar-refractivity contribution in [1.29, 1.82) is 0 Å². The Hall–Kier alpha value is -0.830. The summed E-state index contributed by atoms with van der Waals surface area (Å²) in [6, 6.07) is 0. The van der Waals surface area contributed by atoms with Crippen molar-refractivity contribution in [1.82, 2.24) is 9.78 Å². The third-order valence-corrected chi connectivity index (χ3v) is 2.62. The average molecular weight is 182 g/mol. The molecule has 0 amide bonds. The number of aromatic nitrogens is 2. The highest BCUT2D eigenvalue weighted by molar-refractivity contribution is 5.06. The van der Waals surface area contributed by atoms with Crippen molar-refractivity contribution in [2.24, 2.45) is 12.5 Å². The van der Waals surface area contributed by atoms with Crippen LogP contribution in [0.5, 0.6) is 0 Å². The van der Waals surface area contributed by atoms with Gasteiger partial charge in [-0.15, -0.1) is 0 Å². The van der Waals surface area contributed by atoms with E-state index in [1.54, 1.807) is 4.68 Å². The molecular weight excluding hydrogens is 164 g/mol. The van der Waals surface area contributed by atoms with E-state index in [2.05, 4.69) is 18.9 Å². The van der Waals surface area contributed by atoms with E-state index in [4.69, 9.17) is 0 Å². The summed E-state index contributed by atoms with van der Waals surface area (Å²) in [4.78, 5) is 0. The van der Waals surface area contributed by atoms with Gasteiger partial charge in [0.15, 0.2) is 0 Å².